The average molecular weight is 365 g/mol. The number of carbonyl (C=O) groups excluding carboxylic acids is 1. The van der Waals surface area contributed by atoms with Crippen LogP contribution >= 0.6 is 0 Å². The van der Waals surface area contributed by atoms with Crippen LogP contribution in [-0.4, -0.2) is 11.6 Å². The number of rotatable bonds is 1. The van der Waals surface area contributed by atoms with Crippen LogP contribution in [0.4, 0.5) is 0 Å². The molecule has 7 aliphatic rings. The zero-order chi connectivity index (χ0) is 18.1. The first-order valence-corrected chi connectivity index (χ1v) is 11.7. The summed E-state index contributed by atoms with van der Waals surface area (Å²) in [7, 11) is 0. The van der Waals surface area contributed by atoms with Crippen molar-refractivity contribution in [3.63, 3.8) is 0 Å². The van der Waals surface area contributed by atoms with Crippen LogP contribution in [0.15, 0.2) is 23.8 Å². The standard InChI is InChI=1S/C25H32O2/c1-3-24-8-6-15-14-5-4-13(2)10-16(14)17-11-18(17)22(15)23(24)19-12-20(19)25(24)9-7-21(26)27-25/h10,14-15,17-20,22-23H,2-9,11-12H2,1H3/t14-,15?,17?,18?,19-,20+,22?,23?,24+,25+/m1/s1. The molecule has 6 fully saturated rings. The molecule has 1 aliphatic heterocycles. The second-order valence-electron chi connectivity index (χ2n) is 11.1. The fraction of sp³-hybridized carbons (Fsp3) is 0.800. The van der Waals surface area contributed by atoms with Crippen LogP contribution in [0.1, 0.15) is 64.7 Å². The van der Waals surface area contributed by atoms with Crippen molar-refractivity contribution in [2.75, 3.05) is 0 Å². The highest BCUT2D eigenvalue weighted by Gasteiger charge is 2.81. The molecule has 7 rings (SSSR count). The van der Waals surface area contributed by atoms with Crippen molar-refractivity contribution in [1.82, 2.24) is 0 Å². The van der Waals surface area contributed by atoms with Gasteiger partial charge in [0.15, 0.2) is 0 Å². The van der Waals surface area contributed by atoms with E-state index in [1.165, 1.54) is 50.5 Å². The molecular formula is C25H32O2. The zero-order valence-electron chi connectivity index (χ0n) is 16.6. The van der Waals surface area contributed by atoms with Gasteiger partial charge in [0.2, 0.25) is 0 Å². The summed E-state index contributed by atoms with van der Waals surface area (Å²) < 4.78 is 6.31. The third kappa shape index (κ3) is 1.66. The van der Waals surface area contributed by atoms with Gasteiger partial charge >= 0.3 is 5.97 Å². The molecule has 2 nitrogen and oxygen atoms in total. The molecule has 10 atom stereocenters. The maximum absolute atomic E-state index is 12.2. The molecule has 1 spiro atoms. The van der Waals surface area contributed by atoms with E-state index in [-0.39, 0.29) is 11.6 Å². The predicted octanol–water partition coefficient (Wildman–Crippen LogP) is 5.29. The third-order valence-corrected chi connectivity index (χ3v) is 10.7. The Morgan fingerprint density at radius 1 is 1.11 bits per heavy atom. The minimum Gasteiger partial charge on any atom is -0.458 e. The van der Waals surface area contributed by atoms with E-state index in [0.29, 0.717) is 17.8 Å². The second-order valence-corrected chi connectivity index (χ2v) is 11.1. The average Bonchev–Trinajstić information content (AvgIpc) is 3.57. The van der Waals surface area contributed by atoms with Crippen LogP contribution in [0.2, 0.25) is 0 Å². The van der Waals surface area contributed by atoms with Crippen LogP contribution in [0, 0.1) is 52.8 Å². The molecule has 27 heavy (non-hydrogen) atoms. The lowest BCUT2D eigenvalue weighted by atomic mass is 9.47. The van der Waals surface area contributed by atoms with Gasteiger partial charge in [0.1, 0.15) is 5.60 Å². The van der Waals surface area contributed by atoms with Gasteiger partial charge in [-0.05, 0) is 92.8 Å². The number of carbonyl (C=O) groups is 1. The van der Waals surface area contributed by atoms with Gasteiger partial charge in [0.25, 0.3) is 0 Å². The van der Waals surface area contributed by atoms with E-state index in [9.17, 15) is 4.79 Å². The molecule has 144 valence electrons. The van der Waals surface area contributed by atoms with Gasteiger partial charge in [-0.15, -0.1) is 0 Å². The Hall–Kier alpha value is -1.05. The molecule has 1 heterocycles. The normalized spacial score (nSPS) is 59.2. The molecule has 0 amide bonds. The number of ether oxygens (including phenoxy) is 1. The van der Waals surface area contributed by atoms with Crippen LogP contribution in [0.25, 0.3) is 0 Å². The van der Waals surface area contributed by atoms with Crippen molar-refractivity contribution in [3.05, 3.63) is 23.8 Å². The quantitative estimate of drug-likeness (QED) is 0.591. The Morgan fingerprint density at radius 2 is 2.00 bits per heavy atom. The van der Waals surface area contributed by atoms with Gasteiger partial charge in [-0.3, -0.25) is 4.79 Å². The van der Waals surface area contributed by atoms with Gasteiger partial charge in [-0.1, -0.05) is 30.7 Å². The third-order valence-electron chi connectivity index (χ3n) is 10.7. The molecule has 0 radical (unpaired) electrons. The molecule has 0 aromatic rings. The summed E-state index contributed by atoms with van der Waals surface area (Å²) in [6, 6.07) is 0. The van der Waals surface area contributed by atoms with Crippen LogP contribution in [0.3, 0.4) is 0 Å². The van der Waals surface area contributed by atoms with E-state index >= 15 is 0 Å². The van der Waals surface area contributed by atoms with E-state index in [0.717, 1.165) is 47.8 Å². The van der Waals surface area contributed by atoms with Gasteiger partial charge in [-0.2, -0.15) is 0 Å². The van der Waals surface area contributed by atoms with Gasteiger partial charge in [0, 0.05) is 17.8 Å². The summed E-state index contributed by atoms with van der Waals surface area (Å²) in [5, 5.41) is 0. The molecule has 5 saturated carbocycles. The first kappa shape index (κ1) is 15.8. The fourth-order valence-corrected chi connectivity index (χ4v) is 9.88. The summed E-state index contributed by atoms with van der Waals surface area (Å²) in [4.78, 5) is 12.2. The van der Waals surface area contributed by atoms with Crippen LogP contribution < -0.4 is 0 Å². The lowest BCUT2D eigenvalue weighted by Crippen LogP contribution is -2.56. The Bertz CT molecular complexity index is 794. The molecule has 1 saturated heterocycles. The molecule has 2 heteroatoms. The number of fused-ring (bicyclic) bond motifs is 12. The van der Waals surface area contributed by atoms with Gasteiger partial charge in [0.05, 0.1) is 0 Å². The minimum absolute atomic E-state index is 0.0690. The topological polar surface area (TPSA) is 26.3 Å². The molecule has 0 aromatic heterocycles. The highest BCUT2D eigenvalue weighted by molar-refractivity contribution is 5.73. The summed E-state index contributed by atoms with van der Waals surface area (Å²) >= 11 is 0. The molecule has 6 aliphatic carbocycles. The maximum atomic E-state index is 12.2. The highest BCUT2D eigenvalue weighted by atomic mass is 16.6. The molecule has 0 N–H and O–H groups in total. The first-order valence-electron chi connectivity index (χ1n) is 11.7. The van der Waals surface area contributed by atoms with Crippen LogP contribution in [0.5, 0.6) is 0 Å². The highest BCUT2D eigenvalue weighted by Crippen LogP contribution is 2.81. The summed E-state index contributed by atoms with van der Waals surface area (Å²) in [6.45, 7) is 6.70. The molecule has 0 bridgehead atoms. The van der Waals surface area contributed by atoms with E-state index in [2.05, 4.69) is 19.6 Å². The van der Waals surface area contributed by atoms with Crippen molar-refractivity contribution in [1.29, 1.82) is 0 Å². The smallest absolute Gasteiger partial charge is 0.306 e. The first-order chi connectivity index (χ1) is 13.1. The van der Waals surface area contributed by atoms with Crippen molar-refractivity contribution in [2.24, 2.45) is 52.8 Å². The Morgan fingerprint density at radius 3 is 2.78 bits per heavy atom. The fourth-order valence-electron chi connectivity index (χ4n) is 9.88. The van der Waals surface area contributed by atoms with Crippen molar-refractivity contribution in [3.8, 4) is 0 Å². The monoisotopic (exact) mass is 364 g/mol. The van der Waals surface area contributed by atoms with E-state index in [1.807, 2.05) is 0 Å². The van der Waals surface area contributed by atoms with Crippen molar-refractivity contribution in [2.45, 2.75) is 70.3 Å². The summed E-state index contributed by atoms with van der Waals surface area (Å²) in [6.07, 6.45) is 13.5. The van der Waals surface area contributed by atoms with E-state index in [1.54, 1.807) is 5.57 Å². The van der Waals surface area contributed by atoms with Gasteiger partial charge in [-0.25, -0.2) is 0 Å². The SMILES string of the molecule is C=C1C=C2C3CC3C3C(CC[C@@]4(CC)C3[C@@H]3C[C@@H]3[C@@]43CCC(=O)O3)[C@H]2CC1. The molecular weight excluding hydrogens is 332 g/mol. The largest absolute Gasteiger partial charge is 0.458 e. The second kappa shape index (κ2) is 4.74. The summed E-state index contributed by atoms with van der Waals surface area (Å²) in [5.41, 5.74) is 3.42. The predicted molar refractivity (Wildman–Crippen MR) is 104 cm³/mol. The Balaban J connectivity index is 1.32. The molecule has 5 unspecified atom stereocenters. The lowest BCUT2D eigenvalue weighted by molar-refractivity contribution is -0.179. The maximum Gasteiger partial charge on any atom is 0.306 e. The van der Waals surface area contributed by atoms with Crippen molar-refractivity contribution < 1.29 is 9.53 Å². The number of allylic oxidation sites excluding steroid dienone is 3. The minimum atomic E-state index is -0.0690. The summed E-state index contributed by atoms with van der Waals surface area (Å²) in [5.74, 6) is 7.01. The Labute approximate surface area is 162 Å². The number of hydrogen-bond donors (Lipinski definition) is 0. The van der Waals surface area contributed by atoms with E-state index in [4.69, 9.17) is 4.74 Å². The van der Waals surface area contributed by atoms with E-state index < -0.39 is 0 Å². The Kier molecular flexibility index (Phi) is 2.78. The lowest BCUT2D eigenvalue weighted by Gasteiger charge is -2.58. The number of hydrogen-bond acceptors (Lipinski definition) is 2. The van der Waals surface area contributed by atoms with Gasteiger partial charge < -0.3 is 4.74 Å². The zero-order valence-corrected chi connectivity index (χ0v) is 16.6. The molecule has 0 aromatic carbocycles. The van der Waals surface area contributed by atoms with Crippen molar-refractivity contribution >= 4 is 5.97 Å². The number of esters is 1. The van der Waals surface area contributed by atoms with Crippen LogP contribution in [-0.2, 0) is 9.53 Å².